The van der Waals surface area contributed by atoms with Crippen LogP contribution in [0.5, 0.6) is 0 Å². The molecule has 2 aromatic heterocycles. The quantitative estimate of drug-likeness (QED) is 0.890. The van der Waals surface area contributed by atoms with Crippen LogP contribution < -0.4 is 5.32 Å². The third kappa shape index (κ3) is 3.43. The molecule has 0 saturated heterocycles. The highest BCUT2D eigenvalue weighted by atomic mass is 79.9. The Morgan fingerprint density at radius 2 is 2.37 bits per heavy atom. The third-order valence-corrected chi connectivity index (χ3v) is 4.34. The van der Waals surface area contributed by atoms with E-state index in [4.69, 9.17) is 0 Å². The van der Waals surface area contributed by atoms with Gasteiger partial charge in [-0.15, -0.1) is 11.3 Å². The molecule has 102 valence electrons. The molecule has 2 aromatic rings. The lowest BCUT2D eigenvalue weighted by Gasteiger charge is -2.22. The molecule has 0 aliphatic carbocycles. The van der Waals surface area contributed by atoms with E-state index in [1.165, 1.54) is 11.3 Å². The number of nitrogens with one attached hydrogen (secondary N) is 1. The van der Waals surface area contributed by atoms with Crippen molar-refractivity contribution in [1.82, 2.24) is 15.1 Å². The maximum absolute atomic E-state index is 11.9. The number of rotatable bonds is 4. The lowest BCUT2D eigenvalue weighted by Crippen LogP contribution is -2.38. The van der Waals surface area contributed by atoms with Gasteiger partial charge in [0.2, 0.25) is 0 Å². The van der Waals surface area contributed by atoms with E-state index < -0.39 is 5.60 Å². The summed E-state index contributed by atoms with van der Waals surface area (Å²) in [6.07, 6.45) is 3.32. The summed E-state index contributed by atoms with van der Waals surface area (Å²) in [4.78, 5) is 12.5. The predicted octanol–water partition coefficient (Wildman–Crippen LogP) is 1.88. The largest absolute Gasteiger partial charge is 0.383 e. The highest BCUT2D eigenvalue weighted by molar-refractivity contribution is 9.11. The Hall–Kier alpha value is -1.18. The van der Waals surface area contributed by atoms with Gasteiger partial charge in [0.05, 0.1) is 21.4 Å². The average Bonchev–Trinajstić information content (AvgIpc) is 2.95. The lowest BCUT2D eigenvalue weighted by atomic mass is 10.00. The molecule has 1 amide bonds. The molecule has 19 heavy (non-hydrogen) atoms. The van der Waals surface area contributed by atoms with Crippen molar-refractivity contribution in [2.24, 2.45) is 7.05 Å². The van der Waals surface area contributed by atoms with Crippen molar-refractivity contribution in [1.29, 1.82) is 0 Å². The summed E-state index contributed by atoms with van der Waals surface area (Å²) in [6, 6.07) is 3.56. The Labute approximate surface area is 123 Å². The summed E-state index contributed by atoms with van der Waals surface area (Å²) >= 11 is 4.66. The minimum absolute atomic E-state index is 0.132. The summed E-state index contributed by atoms with van der Waals surface area (Å²) in [5.74, 6) is -0.195. The topological polar surface area (TPSA) is 67.2 Å². The van der Waals surface area contributed by atoms with Crippen LogP contribution in [0.2, 0.25) is 0 Å². The monoisotopic (exact) mass is 343 g/mol. The normalized spacial score (nSPS) is 14.1. The number of carbonyl (C=O) groups excluding carboxylic acids is 1. The van der Waals surface area contributed by atoms with E-state index in [0.29, 0.717) is 10.4 Å². The van der Waals surface area contributed by atoms with Crippen molar-refractivity contribution in [3.63, 3.8) is 0 Å². The molecule has 0 spiro atoms. The standard InChI is InChI=1S/C12H14BrN3O2S/c1-12(18,8-5-15-16(2)6-8)7-14-11(17)9-3-4-10(13)19-9/h3-6,18H,7H2,1-2H3,(H,14,17). The summed E-state index contributed by atoms with van der Waals surface area (Å²) < 4.78 is 2.51. The fraction of sp³-hybridized carbons (Fsp3) is 0.333. The van der Waals surface area contributed by atoms with Gasteiger partial charge in [-0.05, 0) is 35.0 Å². The molecule has 2 heterocycles. The molecule has 0 aliphatic rings. The van der Waals surface area contributed by atoms with Crippen LogP contribution in [0.15, 0.2) is 28.3 Å². The molecule has 7 heteroatoms. The summed E-state index contributed by atoms with van der Waals surface area (Å²) in [5, 5.41) is 17.1. The van der Waals surface area contributed by atoms with Crippen LogP contribution in [0.4, 0.5) is 0 Å². The Morgan fingerprint density at radius 1 is 1.63 bits per heavy atom. The number of hydrogen-bond donors (Lipinski definition) is 2. The van der Waals surface area contributed by atoms with Gasteiger partial charge in [0, 0.05) is 18.8 Å². The Balaban J connectivity index is 2.00. The van der Waals surface area contributed by atoms with Crippen LogP contribution in [-0.4, -0.2) is 27.3 Å². The van der Waals surface area contributed by atoms with Crippen molar-refractivity contribution in [3.05, 3.63) is 38.8 Å². The molecule has 0 aromatic carbocycles. The minimum Gasteiger partial charge on any atom is -0.383 e. The van der Waals surface area contributed by atoms with E-state index in [2.05, 4.69) is 26.3 Å². The van der Waals surface area contributed by atoms with Gasteiger partial charge in [-0.25, -0.2) is 0 Å². The molecule has 2 rings (SSSR count). The van der Waals surface area contributed by atoms with Crippen molar-refractivity contribution in [2.75, 3.05) is 6.54 Å². The van der Waals surface area contributed by atoms with E-state index in [-0.39, 0.29) is 12.5 Å². The van der Waals surface area contributed by atoms with Gasteiger partial charge in [0.15, 0.2) is 0 Å². The van der Waals surface area contributed by atoms with Crippen LogP contribution in [0.25, 0.3) is 0 Å². The zero-order chi connectivity index (χ0) is 14.0. The number of halogens is 1. The molecule has 0 aliphatic heterocycles. The zero-order valence-corrected chi connectivity index (χ0v) is 13.0. The van der Waals surface area contributed by atoms with Crippen LogP contribution in [0, 0.1) is 0 Å². The first-order chi connectivity index (χ1) is 8.88. The smallest absolute Gasteiger partial charge is 0.261 e. The molecule has 1 unspecified atom stereocenters. The number of thiophene rings is 1. The Bertz CT molecular complexity index is 591. The molecule has 1 atom stereocenters. The SMILES string of the molecule is Cn1cc(C(C)(O)CNC(=O)c2ccc(Br)s2)cn1. The van der Waals surface area contributed by atoms with Crippen molar-refractivity contribution >= 4 is 33.2 Å². The first-order valence-electron chi connectivity index (χ1n) is 5.63. The summed E-state index contributed by atoms with van der Waals surface area (Å²) in [5.41, 5.74) is -0.471. The Kier molecular flexibility index (Phi) is 4.07. The van der Waals surface area contributed by atoms with E-state index in [9.17, 15) is 9.90 Å². The third-order valence-electron chi connectivity index (χ3n) is 2.72. The van der Waals surface area contributed by atoms with Crippen LogP contribution in [-0.2, 0) is 12.6 Å². The molecule has 2 N–H and O–H groups in total. The van der Waals surface area contributed by atoms with Crippen LogP contribution in [0.1, 0.15) is 22.2 Å². The summed E-state index contributed by atoms with van der Waals surface area (Å²) in [7, 11) is 1.78. The zero-order valence-electron chi connectivity index (χ0n) is 10.6. The fourth-order valence-electron chi connectivity index (χ4n) is 1.58. The number of aliphatic hydroxyl groups is 1. The second kappa shape index (κ2) is 5.44. The van der Waals surface area contributed by atoms with Crippen LogP contribution >= 0.6 is 27.3 Å². The molecule has 0 fully saturated rings. The van der Waals surface area contributed by atoms with Crippen LogP contribution in [0.3, 0.4) is 0 Å². The van der Waals surface area contributed by atoms with E-state index in [1.807, 2.05) is 6.07 Å². The lowest BCUT2D eigenvalue weighted by molar-refractivity contribution is 0.0527. The van der Waals surface area contributed by atoms with Gasteiger partial charge < -0.3 is 10.4 Å². The van der Waals surface area contributed by atoms with Gasteiger partial charge in [0.25, 0.3) is 5.91 Å². The number of aryl methyl sites for hydroxylation is 1. The maximum Gasteiger partial charge on any atom is 0.261 e. The number of nitrogens with zero attached hydrogens (tertiary/aromatic N) is 2. The highest BCUT2D eigenvalue weighted by Gasteiger charge is 2.25. The van der Waals surface area contributed by atoms with Gasteiger partial charge in [-0.3, -0.25) is 9.48 Å². The second-order valence-corrected chi connectivity index (χ2v) is 6.93. The fourth-order valence-corrected chi connectivity index (χ4v) is 2.88. The number of carbonyl (C=O) groups is 1. The molecule has 0 saturated carbocycles. The van der Waals surface area contributed by atoms with Gasteiger partial charge in [-0.1, -0.05) is 0 Å². The molecule has 0 bridgehead atoms. The van der Waals surface area contributed by atoms with Crippen molar-refractivity contribution < 1.29 is 9.90 Å². The highest BCUT2D eigenvalue weighted by Crippen LogP contribution is 2.23. The minimum atomic E-state index is -1.14. The first kappa shape index (κ1) is 14.2. The second-order valence-electron chi connectivity index (χ2n) is 4.46. The van der Waals surface area contributed by atoms with Gasteiger partial charge >= 0.3 is 0 Å². The predicted molar refractivity (Wildman–Crippen MR) is 77.1 cm³/mol. The molecule has 5 nitrogen and oxygen atoms in total. The van der Waals surface area contributed by atoms with E-state index in [0.717, 1.165) is 3.79 Å². The number of amides is 1. The van der Waals surface area contributed by atoms with Gasteiger partial charge in [-0.2, -0.15) is 5.10 Å². The molecule has 0 radical (unpaired) electrons. The Morgan fingerprint density at radius 3 is 2.89 bits per heavy atom. The van der Waals surface area contributed by atoms with E-state index in [1.54, 1.807) is 37.1 Å². The summed E-state index contributed by atoms with van der Waals surface area (Å²) in [6.45, 7) is 1.78. The average molecular weight is 344 g/mol. The van der Waals surface area contributed by atoms with Gasteiger partial charge in [0.1, 0.15) is 5.60 Å². The first-order valence-corrected chi connectivity index (χ1v) is 7.24. The van der Waals surface area contributed by atoms with Crippen molar-refractivity contribution in [2.45, 2.75) is 12.5 Å². The number of hydrogen-bond acceptors (Lipinski definition) is 4. The van der Waals surface area contributed by atoms with E-state index >= 15 is 0 Å². The maximum atomic E-state index is 11.9. The number of aromatic nitrogens is 2. The molecular formula is C12H14BrN3O2S. The molecular weight excluding hydrogens is 330 g/mol. The van der Waals surface area contributed by atoms with Crippen molar-refractivity contribution in [3.8, 4) is 0 Å².